The monoisotopic (exact) mass is 270 g/mol. The summed E-state index contributed by atoms with van der Waals surface area (Å²) in [5.74, 6) is -0.911. The van der Waals surface area contributed by atoms with Crippen molar-refractivity contribution in [3.63, 3.8) is 0 Å². The van der Waals surface area contributed by atoms with Gasteiger partial charge in [-0.05, 0) is 33.6 Å². The fourth-order valence-electron chi connectivity index (χ4n) is 3.03. The fourth-order valence-corrected chi connectivity index (χ4v) is 3.03. The molecule has 2 rings (SSSR count). The van der Waals surface area contributed by atoms with Gasteiger partial charge in [0.1, 0.15) is 6.04 Å². The normalized spacial score (nSPS) is 30.5. The summed E-state index contributed by atoms with van der Waals surface area (Å²) in [5.41, 5.74) is -0.383. The number of aliphatic carboxylic acids is 1. The molecule has 1 unspecified atom stereocenters. The molecule has 1 N–H and O–H groups in total. The van der Waals surface area contributed by atoms with E-state index < -0.39 is 12.0 Å². The zero-order valence-electron chi connectivity index (χ0n) is 11.8. The van der Waals surface area contributed by atoms with Crippen molar-refractivity contribution in [3.8, 4) is 0 Å². The van der Waals surface area contributed by atoms with Gasteiger partial charge in [0.15, 0.2) is 0 Å². The molecule has 6 heteroatoms. The maximum Gasteiger partial charge on any atom is 0.326 e. The summed E-state index contributed by atoms with van der Waals surface area (Å²) in [6.45, 7) is 7.37. The van der Waals surface area contributed by atoms with Gasteiger partial charge >= 0.3 is 12.0 Å². The highest BCUT2D eigenvalue weighted by Crippen LogP contribution is 2.25. The number of carbonyl (C=O) groups excluding carboxylic acids is 1. The highest BCUT2D eigenvalue weighted by molar-refractivity contribution is 5.83. The van der Waals surface area contributed by atoms with Crippen LogP contribution in [0.1, 0.15) is 33.6 Å². The molecule has 2 heterocycles. The van der Waals surface area contributed by atoms with Crippen molar-refractivity contribution in [3.05, 3.63) is 0 Å². The smallest absolute Gasteiger partial charge is 0.326 e. The average molecular weight is 270 g/mol. The minimum atomic E-state index is -0.911. The maximum atomic E-state index is 12.5. The molecule has 108 valence electrons. The van der Waals surface area contributed by atoms with Crippen molar-refractivity contribution in [2.75, 3.05) is 19.6 Å². The molecule has 2 amide bonds. The Balaban J connectivity index is 2.08. The number of carboxylic acid groups (broad SMARTS) is 1. The van der Waals surface area contributed by atoms with Gasteiger partial charge in [-0.3, -0.25) is 0 Å². The highest BCUT2D eigenvalue weighted by Gasteiger charge is 2.40. The summed E-state index contributed by atoms with van der Waals surface area (Å²) in [5, 5.41) is 9.15. The molecule has 2 aliphatic heterocycles. The number of morpholine rings is 1. The number of likely N-dealkylation sites (tertiary alicyclic amines) is 1. The second kappa shape index (κ2) is 5.00. The summed E-state index contributed by atoms with van der Waals surface area (Å²) in [7, 11) is 0. The number of nitrogens with zero attached hydrogens (tertiary/aromatic N) is 2. The van der Waals surface area contributed by atoms with E-state index in [2.05, 4.69) is 0 Å². The Morgan fingerprint density at radius 2 is 2.05 bits per heavy atom. The van der Waals surface area contributed by atoms with Crippen molar-refractivity contribution in [2.24, 2.45) is 0 Å². The van der Waals surface area contributed by atoms with Gasteiger partial charge in [-0.1, -0.05) is 0 Å². The molecule has 0 radical (unpaired) electrons. The molecule has 2 saturated heterocycles. The molecule has 0 bridgehead atoms. The predicted molar refractivity (Wildman–Crippen MR) is 69.0 cm³/mol. The Morgan fingerprint density at radius 3 is 2.63 bits per heavy atom. The van der Waals surface area contributed by atoms with Crippen LogP contribution in [-0.4, -0.2) is 64.3 Å². The van der Waals surface area contributed by atoms with E-state index in [0.717, 1.165) is 6.42 Å². The van der Waals surface area contributed by atoms with Crippen LogP contribution in [0.2, 0.25) is 0 Å². The van der Waals surface area contributed by atoms with Gasteiger partial charge in [0, 0.05) is 13.1 Å². The van der Waals surface area contributed by atoms with Crippen LogP contribution in [0.15, 0.2) is 0 Å². The number of urea groups is 1. The number of rotatable bonds is 1. The number of carbonyl (C=O) groups is 2. The predicted octanol–water partition coefficient (Wildman–Crippen LogP) is 1.15. The lowest BCUT2D eigenvalue weighted by Gasteiger charge is -2.43. The molecule has 6 nitrogen and oxygen atoms in total. The van der Waals surface area contributed by atoms with Crippen LogP contribution in [0, 0.1) is 0 Å². The van der Waals surface area contributed by atoms with E-state index in [4.69, 9.17) is 9.84 Å². The summed E-state index contributed by atoms with van der Waals surface area (Å²) < 4.78 is 5.76. The van der Waals surface area contributed by atoms with Crippen molar-refractivity contribution >= 4 is 12.0 Å². The van der Waals surface area contributed by atoms with Gasteiger partial charge in [0.2, 0.25) is 0 Å². The number of carboxylic acids is 1. The Hall–Kier alpha value is -1.30. The van der Waals surface area contributed by atoms with Crippen LogP contribution in [0.4, 0.5) is 4.79 Å². The summed E-state index contributed by atoms with van der Waals surface area (Å²) in [6.07, 6.45) is 1.27. The Morgan fingerprint density at radius 1 is 1.37 bits per heavy atom. The molecular weight excluding hydrogens is 248 g/mol. The SMILES string of the molecule is CC1CN(C(=O)N2CCC[C@@H]2C(=O)O)CC(C)(C)O1. The standard InChI is InChI=1S/C13H22N2O4/c1-9-7-14(8-13(2,3)19-9)12(18)15-6-4-5-10(15)11(16)17/h9-10H,4-8H2,1-3H3,(H,16,17)/t9?,10-/m1/s1. The van der Waals surface area contributed by atoms with Crippen LogP contribution >= 0.6 is 0 Å². The zero-order valence-corrected chi connectivity index (χ0v) is 11.8. The third-order valence-corrected chi connectivity index (χ3v) is 3.62. The first-order chi connectivity index (χ1) is 8.80. The highest BCUT2D eigenvalue weighted by atomic mass is 16.5. The summed E-state index contributed by atoms with van der Waals surface area (Å²) in [6, 6.07) is -0.845. The topological polar surface area (TPSA) is 70.1 Å². The Bertz CT molecular complexity index is 383. The first-order valence-corrected chi connectivity index (χ1v) is 6.76. The van der Waals surface area contributed by atoms with Crippen LogP contribution in [0.3, 0.4) is 0 Å². The van der Waals surface area contributed by atoms with Crippen LogP contribution in [-0.2, 0) is 9.53 Å². The number of hydrogen-bond acceptors (Lipinski definition) is 3. The quantitative estimate of drug-likeness (QED) is 0.776. The van der Waals surface area contributed by atoms with Crippen LogP contribution < -0.4 is 0 Å². The fraction of sp³-hybridized carbons (Fsp3) is 0.846. The van der Waals surface area contributed by atoms with Crippen molar-refractivity contribution in [1.82, 2.24) is 9.80 Å². The molecule has 2 aliphatic rings. The molecule has 0 aromatic carbocycles. The van der Waals surface area contributed by atoms with E-state index in [9.17, 15) is 9.59 Å². The van der Waals surface area contributed by atoms with Gasteiger partial charge < -0.3 is 19.6 Å². The summed E-state index contributed by atoms with van der Waals surface area (Å²) >= 11 is 0. The van der Waals surface area contributed by atoms with Crippen molar-refractivity contribution in [1.29, 1.82) is 0 Å². The molecule has 19 heavy (non-hydrogen) atoms. The lowest BCUT2D eigenvalue weighted by molar-refractivity contribution is -0.142. The third-order valence-electron chi connectivity index (χ3n) is 3.62. The van der Waals surface area contributed by atoms with Crippen molar-refractivity contribution < 1.29 is 19.4 Å². The zero-order chi connectivity index (χ0) is 14.2. The molecule has 0 spiro atoms. The minimum Gasteiger partial charge on any atom is -0.480 e. The molecule has 2 fully saturated rings. The molecule has 0 aromatic heterocycles. The number of ether oxygens (including phenoxy) is 1. The first kappa shape index (κ1) is 14.1. The third kappa shape index (κ3) is 3.00. The molecule has 0 saturated carbocycles. The van der Waals surface area contributed by atoms with Gasteiger partial charge in [-0.25, -0.2) is 9.59 Å². The second-order valence-electron chi connectivity index (χ2n) is 6.04. The molecule has 2 atom stereocenters. The van der Waals surface area contributed by atoms with Gasteiger partial charge in [0.05, 0.1) is 18.2 Å². The second-order valence-corrected chi connectivity index (χ2v) is 6.04. The number of amides is 2. The lowest BCUT2D eigenvalue weighted by atomic mass is 10.1. The van der Waals surface area contributed by atoms with Crippen molar-refractivity contribution in [2.45, 2.75) is 51.4 Å². The minimum absolute atomic E-state index is 0.0291. The van der Waals surface area contributed by atoms with Gasteiger partial charge in [-0.15, -0.1) is 0 Å². The van der Waals surface area contributed by atoms with E-state index in [0.29, 0.717) is 26.1 Å². The maximum absolute atomic E-state index is 12.5. The Kier molecular flexibility index (Phi) is 3.71. The lowest BCUT2D eigenvalue weighted by Crippen LogP contribution is -2.58. The van der Waals surface area contributed by atoms with Gasteiger partial charge in [-0.2, -0.15) is 0 Å². The average Bonchev–Trinajstić information content (AvgIpc) is 2.73. The van der Waals surface area contributed by atoms with E-state index in [1.54, 1.807) is 4.90 Å². The molecule has 0 aromatic rings. The molecular formula is C13H22N2O4. The largest absolute Gasteiger partial charge is 0.480 e. The van der Waals surface area contributed by atoms with E-state index in [-0.39, 0.29) is 17.7 Å². The number of hydrogen-bond donors (Lipinski definition) is 1. The molecule has 0 aliphatic carbocycles. The van der Waals surface area contributed by atoms with E-state index in [1.165, 1.54) is 4.90 Å². The van der Waals surface area contributed by atoms with E-state index >= 15 is 0 Å². The Labute approximate surface area is 113 Å². The van der Waals surface area contributed by atoms with Crippen LogP contribution in [0.5, 0.6) is 0 Å². The van der Waals surface area contributed by atoms with Gasteiger partial charge in [0.25, 0.3) is 0 Å². The summed E-state index contributed by atoms with van der Waals surface area (Å²) in [4.78, 5) is 26.8. The van der Waals surface area contributed by atoms with Crippen LogP contribution in [0.25, 0.3) is 0 Å². The van der Waals surface area contributed by atoms with E-state index in [1.807, 2.05) is 20.8 Å². The first-order valence-electron chi connectivity index (χ1n) is 6.76.